The average molecular weight is 446 g/mol. The zero-order valence-electron chi connectivity index (χ0n) is 20.0. The smallest absolute Gasteiger partial charge is 0.255 e. The van der Waals surface area contributed by atoms with E-state index in [1.54, 1.807) is 0 Å². The van der Waals surface area contributed by atoms with Crippen LogP contribution in [0.5, 0.6) is 0 Å². The maximum Gasteiger partial charge on any atom is 0.255 e. The van der Waals surface area contributed by atoms with Gasteiger partial charge in [0.25, 0.3) is 5.91 Å². The molecule has 2 N–H and O–H groups in total. The van der Waals surface area contributed by atoms with E-state index in [0.717, 1.165) is 59.6 Å². The number of H-pyrrole nitrogens is 1. The van der Waals surface area contributed by atoms with Gasteiger partial charge in [-0.15, -0.1) is 0 Å². The number of anilines is 2. The second kappa shape index (κ2) is 9.18. The molecule has 1 aromatic heterocycles. The quantitative estimate of drug-likeness (QED) is 0.561. The second-order valence-corrected chi connectivity index (χ2v) is 9.81. The number of hydrogen-bond acceptors (Lipinski definition) is 4. The van der Waals surface area contributed by atoms with Crippen molar-refractivity contribution in [3.05, 3.63) is 53.3 Å². The lowest BCUT2D eigenvalue weighted by Crippen LogP contribution is -2.33. The number of aromatic amines is 1. The fraction of sp³-hybridized carbons (Fsp3) is 0.481. The van der Waals surface area contributed by atoms with Crippen LogP contribution in [0.15, 0.2) is 36.4 Å². The first-order valence-electron chi connectivity index (χ1n) is 12.4. The van der Waals surface area contributed by atoms with E-state index in [2.05, 4.69) is 58.0 Å². The van der Waals surface area contributed by atoms with Gasteiger partial charge in [0.1, 0.15) is 5.82 Å². The number of benzene rings is 2. The first kappa shape index (κ1) is 22.0. The highest BCUT2D eigenvalue weighted by molar-refractivity contribution is 6.06. The molecule has 2 aliphatic rings. The lowest BCUT2D eigenvalue weighted by Gasteiger charge is -2.25. The van der Waals surface area contributed by atoms with Gasteiger partial charge < -0.3 is 20.1 Å². The largest absolute Gasteiger partial charge is 0.371 e. The molecule has 5 rings (SSSR count). The average Bonchev–Trinajstić information content (AvgIpc) is 3.55. The van der Waals surface area contributed by atoms with Crippen molar-refractivity contribution in [1.82, 2.24) is 14.9 Å². The molecule has 0 radical (unpaired) electrons. The van der Waals surface area contributed by atoms with Crippen LogP contribution >= 0.6 is 0 Å². The van der Waals surface area contributed by atoms with Gasteiger partial charge >= 0.3 is 0 Å². The first-order chi connectivity index (χ1) is 16.0. The number of fused-ring (bicyclic) bond motifs is 1. The van der Waals surface area contributed by atoms with Gasteiger partial charge in [-0.1, -0.05) is 6.92 Å². The Balaban J connectivity index is 1.23. The predicted molar refractivity (Wildman–Crippen MR) is 135 cm³/mol. The van der Waals surface area contributed by atoms with Gasteiger partial charge in [0, 0.05) is 49.0 Å². The van der Waals surface area contributed by atoms with Crippen molar-refractivity contribution in [3.63, 3.8) is 0 Å². The maximum atomic E-state index is 12.9. The lowest BCUT2D eigenvalue weighted by atomic mass is 10.1. The zero-order chi connectivity index (χ0) is 22.9. The van der Waals surface area contributed by atoms with Crippen molar-refractivity contribution in [1.29, 1.82) is 0 Å². The van der Waals surface area contributed by atoms with Crippen molar-refractivity contribution in [2.45, 2.75) is 52.5 Å². The molecular formula is C27H35N5O. The van der Waals surface area contributed by atoms with Crippen LogP contribution in [-0.2, 0) is 6.42 Å². The molecule has 3 aromatic rings. The van der Waals surface area contributed by atoms with Crippen molar-refractivity contribution in [2.24, 2.45) is 5.92 Å². The van der Waals surface area contributed by atoms with Crippen LogP contribution in [0.4, 0.5) is 11.4 Å². The van der Waals surface area contributed by atoms with Gasteiger partial charge in [0.15, 0.2) is 0 Å². The molecule has 1 amide bonds. The number of rotatable bonds is 6. The number of hydrogen-bond donors (Lipinski definition) is 2. The van der Waals surface area contributed by atoms with Gasteiger partial charge in [-0.2, -0.15) is 0 Å². The molecule has 0 bridgehead atoms. The van der Waals surface area contributed by atoms with Crippen molar-refractivity contribution < 1.29 is 4.79 Å². The van der Waals surface area contributed by atoms with E-state index in [1.165, 1.54) is 38.0 Å². The number of nitrogens with one attached hydrogen (secondary N) is 2. The second-order valence-electron chi connectivity index (χ2n) is 9.81. The van der Waals surface area contributed by atoms with Crippen LogP contribution in [0.25, 0.3) is 11.0 Å². The SMILES string of the molecule is CCc1nc2ccc(C(=O)Nc3ccc(N4CCC(CN5CCCC5C)C4)cc3C)cc2[nH]1. The number of aromatic nitrogens is 2. The summed E-state index contributed by atoms with van der Waals surface area (Å²) in [5.74, 6) is 1.59. The van der Waals surface area contributed by atoms with Gasteiger partial charge in [-0.3, -0.25) is 4.79 Å². The van der Waals surface area contributed by atoms with E-state index in [4.69, 9.17) is 0 Å². The Morgan fingerprint density at radius 1 is 1.18 bits per heavy atom. The number of amides is 1. The number of nitrogens with zero attached hydrogens (tertiary/aromatic N) is 3. The predicted octanol–water partition coefficient (Wildman–Crippen LogP) is 5.00. The molecule has 6 heteroatoms. The van der Waals surface area contributed by atoms with Crippen molar-refractivity contribution in [3.8, 4) is 0 Å². The summed E-state index contributed by atoms with van der Waals surface area (Å²) < 4.78 is 0. The zero-order valence-corrected chi connectivity index (χ0v) is 20.0. The Hall–Kier alpha value is -2.86. The molecule has 174 valence electrons. The third-order valence-electron chi connectivity index (χ3n) is 7.42. The number of carbonyl (C=O) groups excluding carboxylic acids is 1. The van der Waals surface area contributed by atoms with E-state index in [1.807, 2.05) is 24.3 Å². The molecule has 2 aromatic carbocycles. The fourth-order valence-corrected chi connectivity index (χ4v) is 5.36. The molecule has 2 atom stereocenters. The normalized spacial score (nSPS) is 21.2. The molecule has 2 fully saturated rings. The van der Waals surface area contributed by atoms with E-state index in [9.17, 15) is 4.79 Å². The Morgan fingerprint density at radius 2 is 2.06 bits per heavy atom. The van der Waals surface area contributed by atoms with Crippen LogP contribution in [-0.4, -0.2) is 53.0 Å². The maximum absolute atomic E-state index is 12.9. The summed E-state index contributed by atoms with van der Waals surface area (Å²) in [7, 11) is 0. The van der Waals surface area contributed by atoms with Crippen LogP contribution in [0, 0.1) is 12.8 Å². The summed E-state index contributed by atoms with van der Waals surface area (Å²) in [5, 5.41) is 3.09. The van der Waals surface area contributed by atoms with E-state index in [0.29, 0.717) is 5.56 Å². The minimum Gasteiger partial charge on any atom is -0.371 e. The molecular weight excluding hydrogens is 410 g/mol. The first-order valence-corrected chi connectivity index (χ1v) is 12.4. The van der Waals surface area contributed by atoms with E-state index in [-0.39, 0.29) is 5.91 Å². The Labute approximate surface area is 196 Å². The molecule has 6 nitrogen and oxygen atoms in total. The molecule has 0 saturated carbocycles. The minimum absolute atomic E-state index is 0.0960. The standard InChI is InChI=1S/C27H35N5O/c1-4-26-28-24-9-7-21(15-25(24)29-26)27(33)30-23-10-8-22(14-18(23)2)32-13-11-20(17-32)16-31-12-5-6-19(31)3/h7-10,14-15,19-20H,4-6,11-13,16-17H2,1-3H3,(H,28,29)(H,30,33). The summed E-state index contributed by atoms with van der Waals surface area (Å²) in [4.78, 5) is 25.9. The highest BCUT2D eigenvalue weighted by Gasteiger charge is 2.28. The molecule has 0 aliphatic carbocycles. The summed E-state index contributed by atoms with van der Waals surface area (Å²) in [6.07, 6.45) is 4.80. The molecule has 2 unspecified atom stereocenters. The highest BCUT2D eigenvalue weighted by Crippen LogP contribution is 2.29. The molecule has 2 saturated heterocycles. The Kier molecular flexibility index (Phi) is 6.11. The topological polar surface area (TPSA) is 64.3 Å². The summed E-state index contributed by atoms with van der Waals surface area (Å²) in [6.45, 7) is 11.2. The summed E-state index contributed by atoms with van der Waals surface area (Å²) in [5.41, 5.74) is 5.65. The fourth-order valence-electron chi connectivity index (χ4n) is 5.36. The van der Waals surface area contributed by atoms with Gasteiger partial charge in [-0.05, 0) is 87.5 Å². The van der Waals surface area contributed by atoms with Crippen molar-refractivity contribution >= 4 is 28.3 Å². The Bertz CT molecular complexity index is 1150. The van der Waals surface area contributed by atoms with Gasteiger partial charge in [0.2, 0.25) is 0 Å². The third kappa shape index (κ3) is 4.62. The lowest BCUT2D eigenvalue weighted by molar-refractivity contribution is 0.102. The molecule has 2 aliphatic heterocycles. The van der Waals surface area contributed by atoms with Gasteiger partial charge in [0.05, 0.1) is 11.0 Å². The van der Waals surface area contributed by atoms with Crippen LogP contribution < -0.4 is 10.2 Å². The minimum atomic E-state index is -0.0960. The van der Waals surface area contributed by atoms with Gasteiger partial charge in [-0.25, -0.2) is 4.98 Å². The van der Waals surface area contributed by atoms with Crippen LogP contribution in [0.1, 0.15) is 54.9 Å². The number of carbonyl (C=O) groups is 1. The number of likely N-dealkylation sites (tertiary alicyclic amines) is 1. The Morgan fingerprint density at radius 3 is 2.82 bits per heavy atom. The number of aryl methyl sites for hydroxylation is 2. The number of imidazole rings is 1. The highest BCUT2D eigenvalue weighted by atomic mass is 16.1. The summed E-state index contributed by atoms with van der Waals surface area (Å²) in [6, 6.07) is 12.8. The summed E-state index contributed by atoms with van der Waals surface area (Å²) >= 11 is 0. The van der Waals surface area contributed by atoms with E-state index < -0.39 is 0 Å². The van der Waals surface area contributed by atoms with E-state index >= 15 is 0 Å². The molecule has 33 heavy (non-hydrogen) atoms. The molecule has 0 spiro atoms. The van der Waals surface area contributed by atoms with Crippen LogP contribution in [0.3, 0.4) is 0 Å². The van der Waals surface area contributed by atoms with Crippen LogP contribution in [0.2, 0.25) is 0 Å². The molecule has 3 heterocycles. The van der Waals surface area contributed by atoms with Crippen molar-refractivity contribution in [2.75, 3.05) is 36.4 Å². The monoisotopic (exact) mass is 445 g/mol. The third-order valence-corrected chi connectivity index (χ3v) is 7.42.